The van der Waals surface area contributed by atoms with Crippen molar-refractivity contribution in [2.24, 2.45) is 7.05 Å². The molecule has 0 bridgehead atoms. The van der Waals surface area contributed by atoms with Gasteiger partial charge in [0.2, 0.25) is 0 Å². The van der Waals surface area contributed by atoms with E-state index in [9.17, 15) is 9.59 Å². The minimum atomic E-state index is -1.14. The van der Waals surface area contributed by atoms with Gasteiger partial charge in [-0.15, -0.1) is 0 Å². The highest BCUT2D eigenvalue weighted by atomic mass is 79.9. The molecule has 0 spiro atoms. The number of aromatic carboxylic acids is 1. The van der Waals surface area contributed by atoms with Gasteiger partial charge in [0.05, 0.1) is 21.8 Å². The van der Waals surface area contributed by atoms with Gasteiger partial charge in [0.15, 0.2) is 0 Å². The molecule has 98 valence electrons. The van der Waals surface area contributed by atoms with Gasteiger partial charge in [0.1, 0.15) is 5.82 Å². The predicted molar refractivity (Wildman–Crippen MR) is 72.3 cm³/mol. The lowest BCUT2D eigenvalue weighted by molar-refractivity contribution is 0.0692. The fourth-order valence-electron chi connectivity index (χ4n) is 1.59. The molecule has 0 unspecified atom stereocenters. The number of anilines is 1. The van der Waals surface area contributed by atoms with Crippen molar-refractivity contribution in [2.75, 3.05) is 5.32 Å². The first-order chi connectivity index (χ1) is 9.00. The average Bonchev–Trinajstić information content (AvgIpc) is 2.70. The largest absolute Gasteiger partial charge is 0.478 e. The van der Waals surface area contributed by atoms with Gasteiger partial charge >= 0.3 is 5.97 Å². The summed E-state index contributed by atoms with van der Waals surface area (Å²) in [6.45, 7) is 0. The summed E-state index contributed by atoms with van der Waals surface area (Å²) < 4.78 is 2.10. The number of rotatable bonds is 3. The third kappa shape index (κ3) is 2.65. The van der Waals surface area contributed by atoms with E-state index in [4.69, 9.17) is 5.11 Å². The number of amides is 1. The maximum absolute atomic E-state index is 12.1. The zero-order valence-corrected chi connectivity index (χ0v) is 11.5. The molecular formula is C12H10BrN3O3. The molecule has 6 nitrogen and oxygen atoms in total. The Kier molecular flexibility index (Phi) is 3.66. The Balaban J connectivity index is 2.33. The van der Waals surface area contributed by atoms with Crippen LogP contribution in [0, 0.1) is 0 Å². The van der Waals surface area contributed by atoms with Gasteiger partial charge in [-0.05, 0) is 28.1 Å². The molecule has 0 aliphatic rings. The fraction of sp³-hybridized carbons (Fsp3) is 0.0833. The monoisotopic (exact) mass is 323 g/mol. The van der Waals surface area contributed by atoms with Crippen molar-refractivity contribution in [3.8, 4) is 0 Å². The number of hydrogen-bond acceptors (Lipinski definition) is 3. The zero-order valence-electron chi connectivity index (χ0n) is 9.92. The molecule has 0 saturated carbocycles. The Bertz CT molecular complexity index is 632. The van der Waals surface area contributed by atoms with Crippen LogP contribution in [-0.4, -0.2) is 26.8 Å². The number of carbonyl (C=O) groups excluding carboxylic acids is 1. The number of carboxylic acids is 1. The summed E-state index contributed by atoms with van der Waals surface area (Å²) in [6, 6.07) is 6.03. The van der Waals surface area contributed by atoms with Crippen molar-refractivity contribution in [1.29, 1.82) is 0 Å². The van der Waals surface area contributed by atoms with Gasteiger partial charge in [-0.25, -0.2) is 4.79 Å². The van der Waals surface area contributed by atoms with E-state index < -0.39 is 11.9 Å². The average molecular weight is 324 g/mol. The SMILES string of the molecule is Cn1ncc(Br)c1NC(=O)c1ccccc1C(=O)O. The van der Waals surface area contributed by atoms with Gasteiger partial charge in [0, 0.05) is 7.05 Å². The van der Waals surface area contributed by atoms with E-state index >= 15 is 0 Å². The summed E-state index contributed by atoms with van der Waals surface area (Å²) in [5.41, 5.74) is 0.0568. The van der Waals surface area contributed by atoms with E-state index in [1.165, 1.54) is 16.8 Å². The lowest BCUT2D eigenvalue weighted by Gasteiger charge is -2.08. The Labute approximate surface area is 117 Å². The Morgan fingerprint density at radius 3 is 2.47 bits per heavy atom. The highest BCUT2D eigenvalue weighted by Gasteiger charge is 2.17. The van der Waals surface area contributed by atoms with Crippen LogP contribution in [0.2, 0.25) is 0 Å². The van der Waals surface area contributed by atoms with Crippen LogP contribution in [0.15, 0.2) is 34.9 Å². The summed E-state index contributed by atoms with van der Waals surface area (Å²) in [4.78, 5) is 23.2. The molecular weight excluding hydrogens is 314 g/mol. The lowest BCUT2D eigenvalue weighted by atomic mass is 10.1. The third-order valence-electron chi connectivity index (χ3n) is 2.53. The van der Waals surface area contributed by atoms with Crippen molar-refractivity contribution in [2.45, 2.75) is 0 Å². The molecule has 2 N–H and O–H groups in total. The van der Waals surface area contributed by atoms with E-state index in [-0.39, 0.29) is 11.1 Å². The molecule has 1 aromatic heterocycles. The maximum Gasteiger partial charge on any atom is 0.336 e. The predicted octanol–water partition coefficient (Wildman–Crippen LogP) is 2.13. The topological polar surface area (TPSA) is 84.2 Å². The third-order valence-corrected chi connectivity index (χ3v) is 3.11. The van der Waals surface area contributed by atoms with E-state index in [0.717, 1.165) is 0 Å². The van der Waals surface area contributed by atoms with Crippen LogP contribution in [0.5, 0.6) is 0 Å². The lowest BCUT2D eigenvalue weighted by Crippen LogP contribution is -2.18. The Morgan fingerprint density at radius 1 is 1.32 bits per heavy atom. The summed E-state index contributed by atoms with van der Waals surface area (Å²) >= 11 is 3.25. The van der Waals surface area contributed by atoms with Crippen LogP contribution in [0.1, 0.15) is 20.7 Å². The number of benzene rings is 1. The quantitative estimate of drug-likeness (QED) is 0.906. The smallest absolute Gasteiger partial charge is 0.336 e. The molecule has 0 atom stereocenters. The van der Waals surface area contributed by atoms with Crippen LogP contribution in [-0.2, 0) is 7.05 Å². The highest BCUT2D eigenvalue weighted by molar-refractivity contribution is 9.10. The van der Waals surface area contributed by atoms with Gasteiger partial charge < -0.3 is 10.4 Å². The first-order valence-corrected chi connectivity index (χ1v) is 6.11. The minimum absolute atomic E-state index is 0.0432. The number of nitrogens with one attached hydrogen (secondary N) is 1. The van der Waals surface area contributed by atoms with E-state index in [1.54, 1.807) is 25.4 Å². The van der Waals surface area contributed by atoms with Crippen LogP contribution in [0.25, 0.3) is 0 Å². The zero-order chi connectivity index (χ0) is 14.0. The van der Waals surface area contributed by atoms with Crippen molar-refractivity contribution in [1.82, 2.24) is 9.78 Å². The number of nitrogens with zero attached hydrogens (tertiary/aromatic N) is 2. The fourth-order valence-corrected chi connectivity index (χ4v) is 2.04. The normalized spacial score (nSPS) is 10.2. The molecule has 2 aromatic rings. The molecule has 1 heterocycles. The molecule has 1 amide bonds. The Morgan fingerprint density at radius 2 is 1.95 bits per heavy atom. The first kappa shape index (κ1) is 13.3. The molecule has 2 rings (SSSR count). The second-order valence-corrected chi connectivity index (χ2v) is 4.62. The highest BCUT2D eigenvalue weighted by Crippen LogP contribution is 2.21. The standard InChI is InChI=1S/C12H10BrN3O3/c1-16-10(9(13)6-14-16)15-11(17)7-4-2-3-5-8(7)12(18)19/h2-6H,1H3,(H,15,17)(H,18,19). The van der Waals surface area contributed by atoms with Gasteiger partial charge in [-0.2, -0.15) is 5.10 Å². The van der Waals surface area contributed by atoms with E-state index in [1.807, 2.05) is 0 Å². The van der Waals surface area contributed by atoms with E-state index in [2.05, 4.69) is 26.3 Å². The number of carbonyl (C=O) groups is 2. The molecule has 19 heavy (non-hydrogen) atoms. The summed E-state index contributed by atoms with van der Waals surface area (Å²) in [7, 11) is 1.67. The number of halogens is 1. The molecule has 0 radical (unpaired) electrons. The number of carboxylic acid groups (broad SMARTS) is 1. The van der Waals surface area contributed by atoms with Crippen molar-refractivity contribution in [3.63, 3.8) is 0 Å². The number of aromatic nitrogens is 2. The molecule has 0 saturated heterocycles. The number of aryl methyl sites for hydroxylation is 1. The molecule has 0 fully saturated rings. The van der Waals surface area contributed by atoms with Crippen molar-refractivity contribution in [3.05, 3.63) is 46.1 Å². The molecule has 7 heteroatoms. The van der Waals surface area contributed by atoms with Crippen molar-refractivity contribution < 1.29 is 14.7 Å². The van der Waals surface area contributed by atoms with Crippen molar-refractivity contribution >= 4 is 33.6 Å². The molecule has 0 aliphatic carbocycles. The first-order valence-electron chi connectivity index (χ1n) is 5.32. The minimum Gasteiger partial charge on any atom is -0.478 e. The summed E-state index contributed by atoms with van der Waals surface area (Å²) in [5, 5.41) is 15.6. The van der Waals surface area contributed by atoms with Crippen LogP contribution < -0.4 is 5.32 Å². The summed E-state index contributed by atoms with van der Waals surface area (Å²) in [6.07, 6.45) is 1.54. The maximum atomic E-state index is 12.1. The molecule has 1 aromatic carbocycles. The van der Waals surface area contributed by atoms with Crippen LogP contribution in [0.4, 0.5) is 5.82 Å². The summed E-state index contributed by atoms with van der Waals surface area (Å²) in [5.74, 6) is -1.18. The van der Waals surface area contributed by atoms with E-state index in [0.29, 0.717) is 10.3 Å². The second kappa shape index (κ2) is 5.23. The number of hydrogen-bond donors (Lipinski definition) is 2. The Hall–Kier alpha value is -2.15. The van der Waals surface area contributed by atoms with Gasteiger partial charge in [0.25, 0.3) is 5.91 Å². The van der Waals surface area contributed by atoms with Gasteiger partial charge in [-0.1, -0.05) is 12.1 Å². The second-order valence-electron chi connectivity index (χ2n) is 3.77. The molecule has 0 aliphatic heterocycles. The van der Waals surface area contributed by atoms with Crippen LogP contribution >= 0.6 is 15.9 Å². The van der Waals surface area contributed by atoms with Gasteiger partial charge in [-0.3, -0.25) is 9.48 Å². The van der Waals surface area contributed by atoms with Crippen LogP contribution in [0.3, 0.4) is 0 Å².